The van der Waals surface area contributed by atoms with Crippen LogP contribution in [-0.2, 0) is 0 Å². The van der Waals surface area contributed by atoms with E-state index in [-0.39, 0.29) is 42.6 Å². The molecule has 1 N–H and O–H groups in total. The lowest BCUT2D eigenvalue weighted by Gasteiger charge is -2.36. The summed E-state index contributed by atoms with van der Waals surface area (Å²) in [6, 6.07) is 4.24. The Morgan fingerprint density at radius 1 is 1.58 bits per heavy atom. The molecule has 1 saturated heterocycles. The Balaban J connectivity index is 2.36. The highest BCUT2D eigenvalue weighted by Crippen LogP contribution is 2.32. The van der Waals surface area contributed by atoms with Gasteiger partial charge in [-0.25, -0.2) is 0 Å². The third-order valence-electron chi connectivity index (χ3n) is 2.86. The van der Waals surface area contributed by atoms with E-state index >= 15 is 0 Å². The number of rotatable bonds is 4. The number of β-amino-alcohol motifs (C(OH)–C–C–N with tert-alkyl or cyclic N) is 1. The molecule has 7 nitrogen and oxygen atoms in total. The zero-order chi connectivity index (χ0) is 14.0. The molecule has 19 heavy (non-hydrogen) atoms. The van der Waals surface area contributed by atoms with E-state index in [0.717, 1.165) is 0 Å². The highest BCUT2D eigenvalue weighted by atomic mass is 16.6. The standard InChI is InChI=1S/C12H14N2O5/c1-2-19-11-9(4-3-5-10(11)14(17)18)12(16)13-6-8(15)7-13/h3-5,8,15H,2,6-7H2,1H3. The molecule has 1 aromatic carbocycles. The van der Waals surface area contributed by atoms with Gasteiger partial charge in [-0.1, -0.05) is 6.07 Å². The van der Waals surface area contributed by atoms with Crippen LogP contribution in [0.15, 0.2) is 18.2 Å². The molecule has 1 aliphatic heterocycles. The highest BCUT2D eigenvalue weighted by molar-refractivity contribution is 5.98. The van der Waals surface area contributed by atoms with Gasteiger partial charge in [0.15, 0.2) is 0 Å². The molecule has 0 aromatic heterocycles. The van der Waals surface area contributed by atoms with E-state index in [1.54, 1.807) is 6.92 Å². The van der Waals surface area contributed by atoms with Crippen LogP contribution in [0.3, 0.4) is 0 Å². The summed E-state index contributed by atoms with van der Waals surface area (Å²) in [4.78, 5) is 23.9. The zero-order valence-electron chi connectivity index (χ0n) is 10.4. The molecule has 0 unspecified atom stereocenters. The van der Waals surface area contributed by atoms with E-state index in [4.69, 9.17) is 4.74 Å². The zero-order valence-corrected chi connectivity index (χ0v) is 10.4. The first-order valence-electron chi connectivity index (χ1n) is 5.92. The Hall–Kier alpha value is -2.15. The Morgan fingerprint density at radius 3 is 2.79 bits per heavy atom. The van der Waals surface area contributed by atoms with Crippen LogP contribution in [0.2, 0.25) is 0 Å². The van der Waals surface area contributed by atoms with Gasteiger partial charge in [0.1, 0.15) is 0 Å². The van der Waals surface area contributed by atoms with Crippen molar-refractivity contribution < 1.29 is 19.6 Å². The first-order valence-corrected chi connectivity index (χ1v) is 5.92. The first-order chi connectivity index (χ1) is 9.04. The summed E-state index contributed by atoms with van der Waals surface area (Å²) in [5.74, 6) is -0.376. The van der Waals surface area contributed by atoms with Crippen molar-refractivity contribution >= 4 is 11.6 Å². The number of para-hydroxylation sites is 1. The average Bonchev–Trinajstić information content (AvgIpc) is 2.34. The van der Waals surface area contributed by atoms with Crippen molar-refractivity contribution in [2.45, 2.75) is 13.0 Å². The summed E-state index contributed by atoms with van der Waals surface area (Å²) < 4.78 is 5.24. The van der Waals surface area contributed by atoms with E-state index in [0.29, 0.717) is 0 Å². The number of ether oxygens (including phenoxy) is 1. The number of carbonyl (C=O) groups is 1. The van der Waals surface area contributed by atoms with Gasteiger partial charge in [0.2, 0.25) is 5.75 Å². The molecule has 0 radical (unpaired) electrons. The normalized spacial score (nSPS) is 14.9. The molecule has 102 valence electrons. The maximum atomic E-state index is 12.2. The number of amides is 1. The van der Waals surface area contributed by atoms with Crippen LogP contribution in [0.5, 0.6) is 5.75 Å². The minimum absolute atomic E-state index is 0.0126. The number of nitrogens with zero attached hydrogens (tertiary/aromatic N) is 2. The van der Waals surface area contributed by atoms with Crippen molar-refractivity contribution in [3.05, 3.63) is 33.9 Å². The van der Waals surface area contributed by atoms with Gasteiger partial charge in [0, 0.05) is 19.2 Å². The lowest BCUT2D eigenvalue weighted by molar-refractivity contribution is -0.385. The molecule has 7 heteroatoms. The van der Waals surface area contributed by atoms with Crippen molar-refractivity contribution in [3.63, 3.8) is 0 Å². The summed E-state index contributed by atoms with van der Waals surface area (Å²) in [5.41, 5.74) is -0.0725. The van der Waals surface area contributed by atoms with Crippen molar-refractivity contribution in [1.29, 1.82) is 0 Å². The molecule has 0 spiro atoms. The summed E-state index contributed by atoms with van der Waals surface area (Å²) in [6.07, 6.45) is -0.516. The number of aliphatic hydroxyl groups is 1. The Bertz CT molecular complexity index is 511. The van der Waals surface area contributed by atoms with Gasteiger partial charge in [-0.3, -0.25) is 14.9 Å². The molecule has 1 aliphatic rings. The lowest BCUT2D eigenvalue weighted by atomic mass is 10.1. The second-order valence-electron chi connectivity index (χ2n) is 4.21. The fourth-order valence-electron chi connectivity index (χ4n) is 1.92. The van der Waals surface area contributed by atoms with Crippen LogP contribution in [-0.4, -0.2) is 46.6 Å². The van der Waals surface area contributed by atoms with Crippen molar-refractivity contribution in [2.24, 2.45) is 0 Å². The van der Waals surface area contributed by atoms with Crippen molar-refractivity contribution in [3.8, 4) is 5.75 Å². The quantitative estimate of drug-likeness (QED) is 0.643. The number of carbonyl (C=O) groups excluding carboxylic acids is 1. The van der Waals surface area contributed by atoms with Gasteiger partial charge in [-0.2, -0.15) is 0 Å². The molecule has 0 bridgehead atoms. The number of nitro groups is 1. The first kappa shape index (κ1) is 13.3. The maximum Gasteiger partial charge on any atom is 0.311 e. The van der Waals surface area contributed by atoms with Gasteiger partial charge < -0.3 is 14.7 Å². The van der Waals surface area contributed by atoms with E-state index in [1.807, 2.05) is 0 Å². The minimum Gasteiger partial charge on any atom is -0.487 e. The largest absolute Gasteiger partial charge is 0.487 e. The van der Waals surface area contributed by atoms with Crippen LogP contribution >= 0.6 is 0 Å². The topological polar surface area (TPSA) is 92.9 Å². The Kier molecular flexibility index (Phi) is 3.66. The second-order valence-corrected chi connectivity index (χ2v) is 4.21. The molecule has 0 atom stereocenters. The molecule has 1 aromatic rings. The molecular formula is C12H14N2O5. The van der Waals surface area contributed by atoms with Crippen LogP contribution in [0.25, 0.3) is 0 Å². The number of nitro benzene ring substituents is 1. The summed E-state index contributed by atoms with van der Waals surface area (Å²) in [5, 5.41) is 20.1. The molecular weight excluding hydrogens is 252 g/mol. The van der Waals surface area contributed by atoms with Crippen LogP contribution in [0, 0.1) is 10.1 Å². The fraction of sp³-hybridized carbons (Fsp3) is 0.417. The SMILES string of the molecule is CCOc1c(C(=O)N2CC(O)C2)cccc1[N+](=O)[O-]. The number of benzene rings is 1. The number of hydrogen-bond acceptors (Lipinski definition) is 5. The number of aliphatic hydroxyl groups excluding tert-OH is 1. The summed E-state index contributed by atoms with van der Waals surface area (Å²) in [7, 11) is 0. The smallest absolute Gasteiger partial charge is 0.311 e. The van der Waals surface area contributed by atoms with Gasteiger partial charge in [0.25, 0.3) is 5.91 Å². The molecule has 1 fully saturated rings. The Labute approximate surface area is 109 Å². The van der Waals surface area contributed by atoms with Crippen LogP contribution in [0.1, 0.15) is 17.3 Å². The van der Waals surface area contributed by atoms with Gasteiger partial charge in [-0.15, -0.1) is 0 Å². The van der Waals surface area contributed by atoms with Gasteiger partial charge in [0.05, 0.1) is 23.2 Å². The second kappa shape index (κ2) is 5.23. The number of likely N-dealkylation sites (tertiary alicyclic amines) is 1. The van der Waals surface area contributed by atoms with E-state index in [1.165, 1.54) is 23.1 Å². The average molecular weight is 266 g/mol. The fourth-order valence-corrected chi connectivity index (χ4v) is 1.92. The maximum absolute atomic E-state index is 12.2. The lowest BCUT2D eigenvalue weighted by Crippen LogP contribution is -2.53. The van der Waals surface area contributed by atoms with E-state index in [9.17, 15) is 20.0 Å². The van der Waals surface area contributed by atoms with Crippen molar-refractivity contribution in [1.82, 2.24) is 4.90 Å². The minimum atomic E-state index is -0.577. The van der Waals surface area contributed by atoms with E-state index in [2.05, 4.69) is 0 Å². The predicted octanol–water partition coefficient (Wildman–Crippen LogP) is 0.810. The van der Waals surface area contributed by atoms with E-state index < -0.39 is 11.0 Å². The molecule has 0 aliphatic carbocycles. The third-order valence-corrected chi connectivity index (χ3v) is 2.86. The molecule has 1 amide bonds. The molecule has 0 saturated carbocycles. The van der Waals surface area contributed by atoms with Gasteiger partial charge in [-0.05, 0) is 13.0 Å². The van der Waals surface area contributed by atoms with Crippen LogP contribution < -0.4 is 4.74 Å². The third kappa shape index (κ3) is 2.50. The molecule has 1 heterocycles. The number of hydrogen-bond donors (Lipinski definition) is 1. The van der Waals surface area contributed by atoms with Crippen molar-refractivity contribution in [2.75, 3.05) is 19.7 Å². The molecule has 2 rings (SSSR count). The monoisotopic (exact) mass is 266 g/mol. The Morgan fingerprint density at radius 2 is 2.26 bits per heavy atom. The van der Waals surface area contributed by atoms with Crippen LogP contribution in [0.4, 0.5) is 5.69 Å². The van der Waals surface area contributed by atoms with Gasteiger partial charge >= 0.3 is 5.69 Å². The highest BCUT2D eigenvalue weighted by Gasteiger charge is 2.33. The summed E-state index contributed by atoms with van der Waals surface area (Å²) in [6.45, 7) is 2.41. The predicted molar refractivity (Wildman–Crippen MR) is 66.2 cm³/mol. The summed E-state index contributed by atoms with van der Waals surface area (Å²) >= 11 is 0.